The topological polar surface area (TPSA) is 50.7 Å². The van der Waals surface area contributed by atoms with Crippen LogP contribution in [0.4, 0.5) is 4.39 Å². The van der Waals surface area contributed by atoms with Crippen molar-refractivity contribution in [2.24, 2.45) is 4.99 Å². The van der Waals surface area contributed by atoms with Crippen molar-refractivity contribution in [2.45, 2.75) is 6.92 Å². The maximum Gasteiger partial charge on any atom is 0.275 e. The number of rotatable bonds is 4. The summed E-state index contributed by atoms with van der Waals surface area (Å²) >= 11 is 0. The fraction of sp³-hybridized carbons (Fsp3) is 0.111. The molecule has 0 fully saturated rings. The number of benzene rings is 2. The van der Waals surface area contributed by atoms with E-state index < -0.39 is 0 Å². The molecule has 1 heterocycles. The number of amides is 1. The molecule has 0 saturated heterocycles. The molecule has 1 aliphatic heterocycles. The first-order valence-corrected chi connectivity index (χ1v) is 7.26. The molecule has 116 valence electrons. The lowest BCUT2D eigenvalue weighted by Crippen LogP contribution is -2.24. The van der Waals surface area contributed by atoms with Gasteiger partial charge in [-0.3, -0.25) is 4.79 Å². The molecular formula is C18H15FN2O2. The van der Waals surface area contributed by atoms with E-state index in [9.17, 15) is 9.18 Å². The number of carbonyl (C=O) groups is 1. The highest BCUT2D eigenvalue weighted by Gasteiger charge is 2.21. The highest BCUT2D eigenvalue weighted by molar-refractivity contribution is 6.19. The van der Waals surface area contributed by atoms with E-state index in [0.29, 0.717) is 18.0 Å². The average molecular weight is 310 g/mol. The van der Waals surface area contributed by atoms with Gasteiger partial charge < -0.3 is 10.1 Å². The van der Waals surface area contributed by atoms with E-state index in [2.05, 4.69) is 10.3 Å². The number of aliphatic imine (C=N–C) groups is 1. The summed E-state index contributed by atoms with van der Waals surface area (Å²) in [6.45, 7) is 2.48. The van der Waals surface area contributed by atoms with E-state index in [-0.39, 0.29) is 17.4 Å². The van der Waals surface area contributed by atoms with Crippen LogP contribution in [0.2, 0.25) is 0 Å². The van der Waals surface area contributed by atoms with Crippen molar-refractivity contribution in [3.63, 3.8) is 0 Å². The molecule has 23 heavy (non-hydrogen) atoms. The molecule has 2 aromatic rings. The van der Waals surface area contributed by atoms with Crippen LogP contribution in [-0.2, 0) is 4.79 Å². The van der Waals surface area contributed by atoms with Crippen molar-refractivity contribution >= 4 is 17.8 Å². The van der Waals surface area contributed by atoms with Crippen molar-refractivity contribution in [3.8, 4) is 5.75 Å². The zero-order valence-corrected chi connectivity index (χ0v) is 12.5. The Morgan fingerprint density at radius 2 is 2.04 bits per heavy atom. The average Bonchev–Trinajstić information content (AvgIpc) is 2.89. The van der Waals surface area contributed by atoms with Crippen LogP contribution in [0, 0.1) is 5.82 Å². The number of carbonyl (C=O) groups excluding carboxylic acids is 1. The minimum absolute atomic E-state index is 0.276. The molecule has 3 rings (SSSR count). The van der Waals surface area contributed by atoms with Crippen LogP contribution >= 0.6 is 0 Å². The smallest absolute Gasteiger partial charge is 0.275 e. The SMILES string of the molecule is CCOc1cccc(/C=C2/N=C(c3cccc(F)c3)NC2=O)c1. The Kier molecular flexibility index (Phi) is 4.19. The standard InChI is InChI=1S/C18H15FN2O2/c1-2-23-15-8-3-5-12(9-15)10-16-18(22)21-17(20-16)13-6-4-7-14(19)11-13/h3-11H,2H2,1H3,(H,20,21,22)/b16-10+. The Labute approximate surface area is 133 Å². The van der Waals surface area contributed by atoms with Crippen molar-refractivity contribution in [1.82, 2.24) is 5.32 Å². The Bertz CT molecular complexity index is 812. The summed E-state index contributed by atoms with van der Waals surface area (Å²) in [5, 5.41) is 2.65. The number of ether oxygens (including phenoxy) is 1. The number of halogens is 1. The van der Waals surface area contributed by atoms with Gasteiger partial charge in [-0.25, -0.2) is 9.38 Å². The second-order valence-electron chi connectivity index (χ2n) is 4.96. The lowest BCUT2D eigenvalue weighted by Gasteiger charge is -2.03. The fourth-order valence-electron chi connectivity index (χ4n) is 2.26. The molecule has 4 nitrogen and oxygen atoms in total. The second kappa shape index (κ2) is 6.44. The molecule has 0 aliphatic carbocycles. The van der Waals surface area contributed by atoms with Gasteiger partial charge in [0.2, 0.25) is 0 Å². The van der Waals surface area contributed by atoms with Crippen LogP contribution in [0.25, 0.3) is 6.08 Å². The van der Waals surface area contributed by atoms with Gasteiger partial charge in [0.25, 0.3) is 5.91 Å². The minimum Gasteiger partial charge on any atom is -0.494 e. The van der Waals surface area contributed by atoms with Crippen molar-refractivity contribution in [2.75, 3.05) is 6.61 Å². The molecule has 1 N–H and O–H groups in total. The molecule has 0 atom stereocenters. The fourth-order valence-corrected chi connectivity index (χ4v) is 2.26. The van der Waals surface area contributed by atoms with E-state index in [1.807, 2.05) is 31.2 Å². The molecule has 0 spiro atoms. The van der Waals surface area contributed by atoms with E-state index in [1.165, 1.54) is 12.1 Å². The van der Waals surface area contributed by atoms with Crippen LogP contribution in [-0.4, -0.2) is 18.3 Å². The van der Waals surface area contributed by atoms with E-state index >= 15 is 0 Å². The molecule has 0 bridgehead atoms. The van der Waals surface area contributed by atoms with Crippen molar-refractivity contribution in [1.29, 1.82) is 0 Å². The second-order valence-corrected chi connectivity index (χ2v) is 4.96. The van der Waals surface area contributed by atoms with Gasteiger partial charge in [0.15, 0.2) is 0 Å². The monoisotopic (exact) mass is 310 g/mol. The summed E-state index contributed by atoms with van der Waals surface area (Å²) in [7, 11) is 0. The molecule has 1 amide bonds. The summed E-state index contributed by atoms with van der Waals surface area (Å²) < 4.78 is 18.7. The van der Waals surface area contributed by atoms with Gasteiger partial charge >= 0.3 is 0 Å². The Morgan fingerprint density at radius 3 is 2.83 bits per heavy atom. The lowest BCUT2D eigenvalue weighted by atomic mass is 10.2. The third-order valence-corrected chi connectivity index (χ3v) is 3.27. The maximum atomic E-state index is 13.3. The minimum atomic E-state index is -0.374. The number of hydrogen-bond acceptors (Lipinski definition) is 3. The van der Waals surface area contributed by atoms with Gasteiger partial charge in [-0.2, -0.15) is 0 Å². The summed E-state index contributed by atoms with van der Waals surface area (Å²) in [5.74, 6) is 0.392. The number of hydrogen-bond donors (Lipinski definition) is 1. The molecule has 1 aliphatic rings. The van der Waals surface area contributed by atoms with Gasteiger partial charge in [-0.15, -0.1) is 0 Å². The predicted molar refractivity (Wildman–Crippen MR) is 86.7 cm³/mol. The van der Waals surface area contributed by atoms with Crippen molar-refractivity contribution in [3.05, 3.63) is 71.2 Å². The summed E-state index contributed by atoms with van der Waals surface area (Å²) in [6.07, 6.45) is 1.67. The van der Waals surface area contributed by atoms with E-state index in [4.69, 9.17) is 4.74 Å². The quantitative estimate of drug-likeness (QED) is 0.882. The van der Waals surface area contributed by atoms with Crippen LogP contribution < -0.4 is 10.1 Å². The summed E-state index contributed by atoms with van der Waals surface area (Å²) in [4.78, 5) is 16.3. The van der Waals surface area contributed by atoms with E-state index in [0.717, 1.165) is 11.3 Å². The molecule has 5 heteroatoms. The Hall–Kier alpha value is -2.95. The van der Waals surface area contributed by atoms with Crippen LogP contribution in [0.1, 0.15) is 18.1 Å². The number of nitrogens with one attached hydrogen (secondary N) is 1. The number of amidine groups is 1. The zero-order valence-electron chi connectivity index (χ0n) is 12.5. The van der Waals surface area contributed by atoms with Gasteiger partial charge in [-0.05, 0) is 42.8 Å². The molecule has 0 saturated carbocycles. The molecule has 2 aromatic carbocycles. The third-order valence-electron chi connectivity index (χ3n) is 3.27. The molecule has 0 unspecified atom stereocenters. The first kappa shape index (κ1) is 15.0. The predicted octanol–water partition coefficient (Wildman–Crippen LogP) is 3.14. The highest BCUT2D eigenvalue weighted by Crippen LogP contribution is 2.19. The Balaban J connectivity index is 1.90. The summed E-state index contributed by atoms with van der Waals surface area (Å²) in [6, 6.07) is 13.3. The Morgan fingerprint density at radius 1 is 1.22 bits per heavy atom. The van der Waals surface area contributed by atoms with Crippen LogP contribution in [0.15, 0.2) is 59.2 Å². The van der Waals surface area contributed by atoms with Gasteiger partial charge in [-0.1, -0.05) is 24.3 Å². The summed E-state index contributed by atoms with van der Waals surface area (Å²) in [5.41, 5.74) is 1.62. The van der Waals surface area contributed by atoms with E-state index in [1.54, 1.807) is 18.2 Å². The lowest BCUT2D eigenvalue weighted by molar-refractivity contribution is -0.115. The van der Waals surface area contributed by atoms with Gasteiger partial charge in [0, 0.05) is 5.56 Å². The van der Waals surface area contributed by atoms with Crippen LogP contribution in [0.5, 0.6) is 5.75 Å². The van der Waals surface area contributed by atoms with Gasteiger partial charge in [0.05, 0.1) is 6.61 Å². The van der Waals surface area contributed by atoms with Crippen molar-refractivity contribution < 1.29 is 13.9 Å². The maximum absolute atomic E-state index is 13.3. The number of nitrogens with zero attached hydrogens (tertiary/aromatic N) is 1. The normalized spacial score (nSPS) is 15.5. The third kappa shape index (κ3) is 3.45. The highest BCUT2D eigenvalue weighted by atomic mass is 19.1. The molecular weight excluding hydrogens is 295 g/mol. The van der Waals surface area contributed by atoms with Gasteiger partial charge in [0.1, 0.15) is 23.1 Å². The first-order valence-electron chi connectivity index (χ1n) is 7.26. The van der Waals surface area contributed by atoms with Crippen LogP contribution in [0.3, 0.4) is 0 Å². The largest absolute Gasteiger partial charge is 0.494 e. The molecule has 0 aromatic heterocycles. The first-order chi connectivity index (χ1) is 11.2. The zero-order chi connectivity index (χ0) is 16.2. The molecule has 0 radical (unpaired) electrons.